The standard InChI is InChI=1S/C13H21NO4/c15-12(8-10-3-6-18-7-4-10)14-5-1-2-11(9-14)13(16)17/h10-11H,1-9H2,(H,16,17)/t11-/m0/s1. The van der Waals surface area contributed by atoms with Gasteiger partial charge in [0, 0.05) is 32.7 Å². The molecule has 1 atom stereocenters. The van der Waals surface area contributed by atoms with Gasteiger partial charge in [-0.3, -0.25) is 9.59 Å². The fourth-order valence-corrected chi connectivity index (χ4v) is 2.73. The number of carbonyl (C=O) groups is 2. The first-order chi connectivity index (χ1) is 8.66. The number of amides is 1. The Hall–Kier alpha value is -1.10. The number of carbonyl (C=O) groups excluding carboxylic acids is 1. The monoisotopic (exact) mass is 255 g/mol. The lowest BCUT2D eigenvalue weighted by Crippen LogP contribution is -2.43. The molecule has 0 aromatic rings. The van der Waals surface area contributed by atoms with Crippen LogP contribution in [0.25, 0.3) is 0 Å². The van der Waals surface area contributed by atoms with E-state index in [2.05, 4.69) is 0 Å². The molecule has 0 radical (unpaired) electrons. The summed E-state index contributed by atoms with van der Waals surface area (Å²) in [5, 5.41) is 9.00. The number of carboxylic acid groups (broad SMARTS) is 1. The van der Waals surface area contributed by atoms with Crippen LogP contribution in [0.1, 0.15) is 32.1 Å². The van der Waals surface area contributed by atoms with E-state index < -0.39 is 5.97 Å². The van der Waals surface area contributed by atoms with E-state index in [1.54, 1.807) is 4.90 Å². The molecule has 0 bridgehead atoms. The fourth-order valence-electron chi connectivity index (χ4n) is 2.73. The maximum atomic E-state index is 12.1. The van der Waals surface area contributed by atoms with E-state index in [4.69, 9.17) is 9.84 Å². The van der Waals surface area contributed by atoms with Gasteiger partial charge in [-0.1, -0.05) is 0 Å². The van der Waals surface area contributed by atoms with Crippen LogP contribution >= 0.6 is 0 Å². The number of carboxylic acids is 1. The molecule has 0 unspecified atom stereocenters. The van der Waals surface area contributed by atoms with Gasteiger partial charge in [-0.05, 0) is 31.6 Å². The molecule has 1 N–H and O–H groups in total. The van der Waals surface area contributed by atoms with Crippen molar-refractivity contribution in [3.8, 4) is 0 Å². The van der Waals surface area contributed by atoms with Crippen molar-refractivity contribution in [3.63, 3.8) is 0 Å². The van der Waals surface area contributed by atoms with E-state index in [-0.39, 0.29) is 11.8 Å². The Morgan fingerprint density at radius 2 is 1.94 bits per heavy atom. The first kappa shape index (κ1) is 13.3. The van der Waals surface area contributed by atoms with Gasteiger partial charge in [0.2, 0.25) is 5.91 Å². The van der Waals surface area contributed by atoms with Gasteiger partial charge in [0.1, 0.15) is 0 Å². The van der Waals surface area contributed by atoms with Crippen LogP contribution in [-0.4, -0.2) is 48.2 Å². The molecule has 0 aromatic heterocycles. The third kappa shape index (κ3) is 3.45. The Labute approximate surface area is 107 Å². The third-order valence-corrected chi connectivity index (χ3v) is 3.93. The molecule has 0 spiro atoms. The Morgan fingerprint density at radius 3 is 2.61 bits per heavy atom. The zero-order valence-electron chi connectivity index (χ0n) is 10.6. The van der Waals surface area contributed by atoms with Crippen molar-refractivity contribution in [2.45, 2.75) is 32.1 Å². The molecule has 5 heteroatoms. The summed E-state index contributed by atoms with van der Waals surface area (Å²) in [5.74, 6) is -0.625. The minimum Gasteiger partial charge on any atom is -0.481 e. The van der Waals surface area contributed by atoms with Crippen molar-refractivity contribution in [1.82, 2.24) is 4.90 Å². The van der Waals surface area contributed by atoms with E-state index in [1.807, 2.05) is 0 Å². The highest BCUT2D eigenvalue weighted by molar-refractivity contribution is 5.78. The predicted molar refractivity (Wildman–Crippen MR) is 65.1 cm³/mol. The number of ether oxygens (including phenoxy) is 1. The molecule has 5 nitrogen and oxygen atoms in total. The van der Waals surface area contributed by atoms with Gasteiger partial charge in [-0.15, -0.1) is 0 Å². The Balaban J connectivity index is 1.82. The molecule has 2 aliphatic heterocycles. The summed E-state index contributed by atoms with van der Waals surface area (Å²) >= 11 is 0. The lowest BCUT2D eigenvalue weighted by atomic mass is 9.94. The van der Waals surface area contributed by atoms with Crippen molar-refractivity contribution in [2.75, 3.05) is 26.3 Å². The second-order valence-electron chi connectivity index (χ2n) is 5.28. The van der Waals surface area contributed by atoms with Gasteiger partial charge in [-0.25, -0.2) is 0 Å². The quantitative estimate of drug-likeness (QED) is 0.821. The smallest absolute Gasteiger partial charge is 0.308 e. The van der Waals surface area contributed by atoms with Crippen molar-refractivity contribution in [1.29, 1.82) is 0 Å². The van der Waals surface area contributed by atoms with Crippen LogP contribution in [0.4, 0.5) is 0 Å². The normalized spacial score (nSPS) is 26.0. The van der Waals surface area contributed by atoms with Gasteiger partial charge in [0.25, 0.3) is 0 Å². The number of rotatable bonds is 3. The van der Waals surface area contributed by atoms with Crippen LogP contribution < -0.4 is 0 Å². The number of piperidine rings is 1. The minimum atomic E-state index is -0.779. The molecule has 0 aliphatic carbocycles. The van der Waals surface area contributed by atoms with Gasteiger partial charge >= 0.3 is 5.97 Å². The summed E-state index contributed by atoms with van der Waals surface area (Å²) in [6.45, 7) is 2.59. The van der Waals surface area contributed by atoms with Crippen LogP contribution in [0.5, 0.6) is 0 Å². The Bertz CT molecular complexity index is 312. The van der Waals surface area contributed by atoms with Crippen LogP contribution in [0.2, 0.25) is 0 Å². The van der Waals surface area contributed by atoms with Crippen molar-refractivity contribution in [2.24, 2.45) is 11.8 Å². The van der Waals surface area contributed by atoms with Crippen LogP contribution in [0.15, 0.2) is 0 Å². The molecule has 2 heterocycles. The molecular formula is C13H21NO4. The Kier molecular flexibility index (Phi) is 4.58. The molecule has 2 saturated heterocycles. The van der Waals surface area contributed by atoms with Crippen LogP contribution in [0, 0.1) is 11.8 Å². The maximum Gasteiger partial charge on any atom is 0.308 e. The van der Waals surface area contributed by atoms with Crippen LogP contribution in [-0.2, 0) is 14.3 Å². The summed E-state index contributed by atoms with van der Waals surface area (Å²) in [5.41, 5.74) is 0. The maximum absolute atomic E-state index is 12.1. The molecule has 0 saturated carbocycles. The fraction of sp³-hybridized carbons (Fsp3) is 0.846. The SMILES string of the molecule is O=C(O)[C@H]1CCCN(C(=O)CC2CCOCC2)C1. The largest absolute Gasteiger partial charge is 0.481 e. The molecule has 2 rings (SSSR count). The third-order valence-electron chi connectivity index (χ3n) is 3.93. The van der Waals surface area contributed by atoms with Crippen molar-refractivity contribution >= 4 is 11.9 Å². The summed E-state index contributed by atoms with van der Waals surface area (Å²) < 4.78 is 5.27. The zero-order chi connectivity index (χ0) is 13.0. The number of hydrogen-bond acceptors (Lipinski definition) is 3. The van der Waals surface area contributed by atoms with Gasteiger partial charge in [0.05, 0.1) is 5.92 Å². The van der Waals surface area contributed by atoms with E-state index in [0.717, 1.165) is 32.5 Å². The Morgan fingerprint density at radius 1 is 1.22 bits per heavy atom. The minimum absolute atomic E-state index is 0.118. The first-order valence-electron chi connectivity index (χ1n) is 6.75. The first-order valence-corrected chi connectivity index (χ1v) is 6.75. The summed E-state index contributed by atoms with van der Waals surface area (Å²) in [6, 6.07) is 0. The molecule has 2 aliphatic rings. The van der Waals surface area contributed by atoms with Crippen LogP contribution in [0.3, 0.4) is 0 Å². The van der Waals surface area contributed by atoms with E-state index in [0.29, 0.717) is 31.8 Å². The highest BCUT2D eigenvalue weighted by Crippen LogP contribution is 2.22. The lowest BCUT2D eigenvalue weighted by molar-refractivity contribution is -0.146. The summed E-state index contributed by atoms with van der Waals surface area (Å²) in [6.07, 6.45) is 3.94. The van der Waals surface area contributed by atoms with Gasteiger partial charge in [-0.2, -0.15) is 0 Å². The number of nitrogens with zero attached hydrogens (tertiary/aromatic N) is 1. The van der Waals surface area contributed by atoms with E-state index in [9.17, 15) is 9.59 Å². The zero-order valence-corrected chi connectivity index (χ0v) is 10.6. The number of hydrogen-bond donors (Lipinski definition) is 1. The number of likely N-dealkylation sites (tertiary alicyclic amines) is 1. The van der Waals surface area contributed by atoms with Crippen molar-refractivity contribution in [3.05, 3.63) is 0 Å². The van der Waals surface area contributed by atoms with E-state index in [1.165, 1.54) is 0 Å². The van der Waals surface area contributed by atoms with Gasteiger partial charge in [0.15, 0.2) is 0 Å². The second kappa shape index (κ2) is 6.18. The predicted octanol–water partition coefficient (Wildman–Crippen LogP) is 1.13. The topological polar surface area (TPSA) is 66.8 Å². The van der Waals surface area contributed by atoms with E-state index >= 15 is 0 Å². The summed E-state index contributed by atoms with van der Waals surface area (Å²) in [4.78, 5) is 24.8. The molecule has 2 fully saturated rings. The molecular weight excluding hydrogens is 234 g/mol. The highest BCUT2D eigenvalue weighted by atomic mass is 16.5. The highest BCUT2D eigenvalue weighted by Gasteiger charge is 2.29. The molecule has 102 valence electrons. The summed E-state index contributed by atoms with van der Waals surface area (Å²) in [7, 11) is 0. The van der Waals surface area contributed by atoms with Gasteiger partial charge < -0.3 is 14.7 Å². The lowest BCUT2D eigenvalue weighted by Gasteiger charge is -2.32. The average Bonchev–Trinajstić information content (AvgIpc) is 2.40. The van der Waals surface area contributed by atoms with Crippen molar-refractivity contribution < 1.29 is 19.4 Å². The molecule has 1 amide bonds. The molecule has 0 aromatic carbocycles. The average molecular weight is 255 g/mol. The second-order valence-corrected chi connectivity index (χ2v) is 5.28. The molecule has 18 heavy (non-hydrogen) atoms. The number of aliphatic carboxylic acids is 1.